The molecule has 0 saturated carbocycles. The Morgan fingerprint density at radius 2 is 1.83 bits per heavy atom. The van der Waals surface area contributed by atoms with E-state index in [2.05, 4.69) is 21.2 Å². The minimum atomic E-state index is -3.63. The third kappa shape index (κ3) is 3.82. The fourth-order valence-corrected chi connectivity index (χ4v) is 3.23. The monoisotopic (exact) mass is 414 g/mol. The van der Waals surface area contributed by atoms with Crippen LogP contribution in [0.3, 0.4) is 0 Å². The summed E-state index contributed by atoms with van der Waals surface area (Å²) in [5, 5.41) is 2.56. The molecule has 0 fully saturated rings. The van der Waals surface area contributed by atoms with Crippen molar-refractivity contribution in [3.05, 3.63) is 57.8 Å². The Labute approximate surface area is 148 Å². The molecule has 0 radical (unpaired) electrons. The van der Waals surface area contributed by atoms with Crippen LogP contribution in [-0.4, -0.2) is 32.7 Å². The highest BCUT2D eigenvalue weighted by Gasteiger charge is 2.19. The Balaban J connectivity index is 2.37. The average Bonchev–Trinajstić information content (AvgIpc) is 2.48. The van der Waals surface area contributed by atoms with Crippen LogP contribution in [0, 0.1) is 12.7 Å². The van der Waals surface area contributed by atoms with Crippen LogP contribution in [-0.2, 0) is 10.0 Å². The molecule has 0 aliphatic heterocycles. The Morgan fingerprint density at radius 1 is 1.17 bits per heavy atom. The molecule has 0 heterocycles. The van der Waals surface area contributed by atoms with Gasteiger partial charge in [0.15, 0.2) is 0 Å². The van der Waals surface area contributed by atoms with Crippen LogP contribution in [0.2, 0.25) is 0 Å². The number of carbonyl (C=O) groups excluding carboxylic acids is 1. The smallest absolute Gasteiger partial charge is 0.258 e. The summed E-state index contributed by atoms with van der Waals surface area (Å²) in [6, 6.07) is 8.50. The summed E-state index contributed by atoms with van der Waals surface area (Å²) >= 11 is 3.13. The lowest BCUT2D eigenvalue weighted by molar-refractivity contribution is 0.102. The molecule has 0 aliphatic carbocycles. The van der Waals surface area contributed by atoms with Crippen LogP contribution >= 0.6 is 15.9 Å². The van der Waals surface area contributed by atoms with Crippen LogP contribution in [0.1, 0.15) is 15.9 Å². The van der Waals surface area contributed by atoms with E-state index >= 15 is 0 Å². The fraction of sp³-hybridized carbons (Fsp3) is 0.188. The Hall–Kier alpha value is -1.77. The van der Waals surface area contributed by atoms with Crippen molar-refractivity contribution in [3.63, 3.8) is 0 Å². The second-order valence-electron chi connectivity index (χ2n) is 5.34. The van der Waals surface area contributed by atoms with Gasteiger partial charge in [-0.15, -0.1) is 0 Å². The maximum atomic E-state index is 13.9. The number of sulfonamides is 1. The zero-order valence-electron chi connectivity index (χ0n) is 13.3. The number of hydrogen-bond donors (Lipinski definition) is 1. The highest BCUT2D eigenvalue weighted by Crippen LogP contribution is 2.23. The van der Waals surface area contributed by atoms with Crippen LogP contribution in [0.4, 0.5) is 10.1 Å². The number of nitrogens with one attached hydrogen (secondary N) is 1. The first-order valence-corrected chi connectivity index (χ1v) is 9.16. The maximum absolute atomic E-state index is 13.9. The van der Waals surface area contributed by atoms with Crippen molar-refractivity contribution in [3.8, 4) is 0 Å². The van der Waals surface area contributed by atoms with E-state index in [9.17, 15) is 17.6 Å². The summed E-state index contributed by atoms with van der Waals surface area (Å²) in [6.45, 7) is 1.72. The molecule has 24 heavy (non-hydrogen) atoms. The predicted molar refractivity (Wildman–Crippen MR) is 94.1 cm³/mol. The van der Waals surface area contributed by atoms with Crippen LogP contribution in [0.5, 0.6) is 0 Å². The minimum Gasteiger partial charge on any atom is -0.322 e. The van der Waals surface area contributed by atoms with Gasteiger partial charge in [0, 0.05) is 24.3 Å². The molecule has 2 aromatic rings. The first-order chi connectivity index (χ1) is 11.1. The number of nitrogens with zero attached hydrogens (tertiary/aromatic N) is 1. The second-order valence-corrected chi connectivity index (χ2v) is 8.41. The molecule has 2 aromatic carbocycles. The molecule has 128 valence electrons. The van der Waals surface area contributed by atoms with Gasteiger partial charge in [-0.1, -0.05) is 22.0 Å². The van der Waals surface area contributed by atoms with E-state index in [1.807, 2.05) is 0 Å². The largest absolute Gasteiger partial charge is 0.322 e. The van der Waals surface area contributed by atoms with Crippen molar-refractivity contribution >= 4 is 37.5 Å². The van der Waals surface area contributed by atoms with Crippen molar-refractivity contribution in [1.82, 2.24) is 4.31 Å². The van der Waals surface area contributed by atoms with Crippen molar-refractivity contribution in [2.75, 3.05) is 19.4 Å². The number of anilines is 1. The van der Waals surface area contributed by atoms with Crippen molar-refractivity contribution in [1.29, 1.82) is 0 Å². The maximum Gasteiger partial charge on any atom is 0.258 e. The first kappa shape index (κ1) is 18.6. The normalized spacial score (nSPS) is 11.6. The molecule has 2 rings (SSSR count). The average molecular weight is 415 g/mol. The summed E-state index contributed by atoms with van der Waals surface area (Å²) in [5.41, 5.74) is 0.849. The number of rotatable bonds is 4. The van der Waals surface area contributed by atoms with Gasteiger partial charge in [0.2, 0.25) is 10.0 Å². The van der Waals surface area contributed by atoms with E-state index in [4.69, 9.17) is 0 Å². The molecule has 0 aromatic heterocycles. The first-order valence-electron chi connectivity index (χ1n) is 6.92. The van der Waals surface area contributed by atoms with E-state index in [0.29, 0.717) is 15.7 Å². The topological polar surface area (TPSA) is 66.5 Å². The van der Waals surface area contributed by atoms with Crippen LogP contribution < -0.4 is 5.32 Å². The Kier molecular flexibility index (Phi) is 5.42. The number of hydrogen-bond acceptors (Lipinski definition) is 3. The van der Waals surface area contributed by atoms with Gasteiger partial charge in [0.1, 0.15) is 5.82 Å². The van der Waals surface area contributed by atoms with Crippen molar-refractivity contribution in [2.45, 2.75) is 11.8 Å². The summed E-state index contributed by atoms with van der Waals surface area (Å²) in [4.78, 5) is 12.3. The molecule has 0 atom stereocenters. The lowest BCUT2D eigenvalue weighted by atomic mass is 10.1. The van der Waals surface area contributed by atoms with E-state index in [-0.39, 0.29) is 10.5 Å². The predicted octanol–water partition coefficient (Wildman–Crippen LogP) is 3.40. The molecule has 8 heteroatoms. The SMILES string of the molecule is Cc1ccc(S(=O)(=O)N(C)C)cc1NC(=O)c1ccc(Br)cc1F. The lowest BCUT2D eigenvalue weighted by Crippen LogP contribution is -2.22. The molecule has 0 bridgehead atoms. The van der Waals surface area contributed by atoms with Gasteiger partial charge >= 0.3 is 0 Å². The van der Waals surface area contributed by atoms with Gasteiger partial charge in [-0.25, -0.2) is 17.1 Å². The van der Waals surface area contributed by atoms with Gasteiger partial charge in [-0.05, 0) is 42.8 Å². The highest BCUT2D eigenvalue weighted by molar-refractivity contribution is 9.10. The highest BCUT2D eigenvalue weighted by atomic mass is 79.9. The summed E-state index contributed by atoms with van der Waals surface area (Å²) in [5.74, 6) is -1.32. The quantitative estimate of drug-likeness (QED) is 0.833. The Bertz CT molecular complexity index is 898. The molecule has 1 N–H and O–H groups in total. The van der Waals surface area contributed by atoms with Crippen molar-refractivity contribution in [2.24, 2.45) is 0 Å². The van der Waals surface area contributed by atoms with Gasteiger partial charge in [0.25, 0.3) is 5.91 Å². The van der Waals surface area contributed by atoms with E-state index < -0.39 is 21.7 Å². The molecule has 0 aliphatic rings. The zero-order chi connectivity index (χ0) is 18.1. The summed E-state index contributed by atoms with van der Waals surface area (Å²) < 4.78 is 39.9. The third-order valence-corrected chi connectivity index (χ3v) is 5.72. The molecule has 0 saturated heterocycles. The zero-order valence-corrected chi connectivity index (χ0v) is 15.7. The second kappa shape index (κ2) is 7.00. The lowest BCUT2D eigenvalue weighted by Gasteiger charge is -2.14. The molecule has 1 amide bonds. The molecule has 5 nitrogen and oxygen atoms in total. The molecule has 0 spiro atoms. The molecular weight excluding hydrogens is 399 g/mol. The number of benzene rings is 2. The standard InChI is InChI=1S/C16H16BrFN2O3S/c1-10-4-6-12(24(22,23)20(2)3)9-15(10)19-16(21)13-7-5-11(17)8-14(13)18/h4-9H,1-3H3,(H,19,21). The number of aryl methyl sites for hydroxylation is 1. The van der Waals surface area contributed by atoms with Crippen LogP contribution in [0.15, 0.2) is 45.8 Å². The van der Waals surface area contributed by atoms with Gasteiger partial charge in [-0.2, -0.15) is 0 Å². The van der Waals surface area contributed by atoms with E-state index in [1.165, 1.54) is 38.4 Å². The van der Waals surface area contributed by atoms with E-state index in [0.717, 1.165) is 4.31 Å². The molecular formula is C16H16BrFN2O3S. The van der Waals surface area contributed by atoms with Gasteiger partial charge in [-0.3, -0.25) is 4.79 Å². The van der Waals surface area contributed by atoms with Crippen LogP contribution in [0.25, 0.3) is 0 Å². The van der Waals surface area contributed by atoms with Gasteiger partial charge < -0.3 is 5.32 Å². The summed E-state index contributed by atoms with van der Waals surface area (Å²) in [7, 11) is -0.786. The third-order valence-electron chi connectivity index (χ3n) is 3.41. The minimum absolute atomic E-state index is 0.0460. The van der Waals surface area contributed by atoms with E-state index in [1.54, 1.807) is 19.1 Å². The fourth-order valence-electron chi connectivity index (χ4n) is 1.97. The van der Waals surface area contributed by atoms with Crippen molar-refractivity contribution < 1.29 is 17.6 Å². The number of carbonyl (C=O) groups is 1. The Morgan fingerprint density at radius 3 is 2.42 bits per heavy atom. The number of halogens is 2. The summed E-state index contributed by atoms with van der Waals surface area (Å²) in [6.07, 6.45) is 0. The molecule has 0 unspecified atom stereocenters. The number of amides is 1. The van der Waals surface area contributed by atoms with Gasteiger partial charge in [0.05, 0.1) is 10.5 Å².